The van der Waals surface area contributed by atoms with Crippen molar-refractivity contribution in [3.8, 4) is 0 Å². The van der Waals surface area contributed by atoms with Crippen molar-refractivity contribution >= 4 is 5.97 Å². The standard InChI is InChI=1S/C13H25NO4/c1-11(2)13(12(15)16)4-5-14(10-13)6-7-18-9-8-17-3/h11H,4-10H2,1-3H3,(H,15,16). The lowest BCUT2D eigenvalue weighted by atomic mass is 9.76. The van der Waals surface area contributed by atoms with Crippen molar-refractivity contribution in [2.75, 3.05) is 46.6 Å². The fourth-order valence-electron chi connectivity index (χ4n) is 2.44. The largest absolute Gasteiger partial charge is 0.481 e. The maximum Gasteiger partial charge on any atom is 0.311 e. The highest BCUT2D eigenvalue weighted by Crippen LogP contribution is 2.37. The lowest BCUT2D eigenvalue weighted by Crippen LogP contribution is -2.39. The molecule has 1 heterocycles. The molecule has 1 aliphatic rings. The van der Waals surface area contributed by atoms with Crippen LogP contribution in [0.1, 0.15) is 20.3 Å². The molecule has 0 radical (unpaired) electrons. The molecular weight excluding hydrogens is 234 g/mol. The number of carboxylic acid groups (broad SMARTS) is 1. The quantitative estimate of drug-likeness (QED) is 0.661. The summed E-state index contributed by atoms with van der Waals surface area (Å²) in [6, 6.07) is 0. The van der Waals surface area contributed by atoms with Crippen molar-refractivity contribution in [2.45, 2.75) is 20.3 Å². The first-order valence-corrected chi connectivity index (χ1v) is 6.55. The average molecular weight is 259 g/mol. The summed E-state index contributed by atoms with van der Waals surface area (Å²) < 4.78 is 10.3. The number of aliphatic carboxylic acids is 1. The van der Waals surface area contributed by atoms with Crippen LogP contribution in [0.15, 0.2) is 0 Å². The number of ether oxygens (including phenoxy) is 2. The van der Waals surface area contributed by atoms with Crippen LogP contribution in [0.25, 0.3) is 0 Å². The van der Waals surface area contributed by atoms with Crippen molar-refractivity contribution in [1.82, 2.24) is 4.90 Å². The van der Waals surface area contributed by atoms with Crippen LogP contribution in [0, 0.1) is 11.3 Å². The van der Waals surface area contributed by atoms with Crippen LogP contribution in [0.2, 0.25) is 0 Å². The molecule has 0 aromatic heterocycles. The van der Waals surface area contributed by atoms with Gasteiger partial charge in [0.25, 0.3) is 0 Å². The van der Waals surface area contributed by atoms with Gasteiger partial charge in [-0.25, -0.2) is 0 Å². The van der Waals surface area contributed by atoms with Gasteiger partial charge in [-0.1, -0.05) is 13.8 Å². The van der Waals surface area contributed by atoms with E-state index >= 15 is 0 Å². The molecule has 0 bridgehead atoms. The normalized spacial score (nSPS) is 24.9. The van der Waals surface area contributed by atoms with E-state index in [9.17, 15) is 9.90 Å². The molecule has 1 aliphatic heterocycles. The van der Waals surface area contributed by atoms with Gasteiger partial charge in [0.15, 0.2) is 0 Å². The van der Waals surface area contributed by atoms with E-state index < -0.39 is 11.4 Å². The van der Waals surface area contributed by atoms with Crippen molar-refractivity contribution in [3.63, 3.8) is 0 Å². The zero-order valence-electron chi connectivity index (χ0n) is 11.6. The van der Waals surface area contributed by atoms with Gasteiger partial charge >= 0.3 is 5.97 Å². The minimum absolute atomic E-state index is 0.161. The van der Waals surface area contributed by atoms with Crippen LogP contribution in [0.4, 0.5) is 0 Å². The van der Waals surface area contributed by atoms with Crippen molar-refractivity contribution in [3.05, 3.63) is 0 Å². The predicted molar refractivity (Wildman–Crippen MR) is 68.7 cm³/mol. The highest BCUT2D eigenvalue weighted by molar-refractivity contribution is 5.75. The van der Waals surface area contributed by atoms with Gasteiger partial charge in [-0.3, -0.25) is 9.69 Å². The van der Waals surface area contributed by atoms with Crippen molar-refractivity contribution in [2.24, 2.45) is 11.3 Å². The summed E-state index contributed by atoms with van der Waals surface area (Å²) in [5.41, 5.74) is -0.577. The highest BCUT2D eigenvalue weighted by atomic mass is 16.5. The topological polar surface area (TPSA) is 59.0 Å². The Bertz CT molecular complexity index is 270. The van der Waals surface area contributed by atoms with E-state index in [0.29, 0.717) is 26.4 Å². The molecule has 0 spiro atoms. The van der Waals surface area contributed by atoms with Crippen molar-refractivity contribution < 1.29 is 19.4 Å². The molecule has 5 heteroatoms. The summed E-state index contributed by atoms with van der Waals surface area (Å²) in [4.78, 5) is 13.6. The molecule has 1 atom stereocenters. The third-order valence-corrected chi connectivity index (χ3v) is 3.89. The lowest BCUT2D eigenvalue weighted by Gasteiger charge is -2.28. The second-order valence-electron chi connectivity index (χ2n) is 5.25. The highest BCUT2D eigenvalue weighted by Gasteiger charge is 2.46. The number of nitrogens with zero attached hydrogens (tertiary/aromatic N) is 1. The Hall–Kier alpha value is -0.650. The number of carboxylic acids is 1. The van der Waals surface area contributed by atoms with Gasteiger partial charge in [-0.05, 0) is 18.9 Å². The van der Waals surface area contributed by atoms with E-state index in [1.54, 1.807) is 7.11 Å². The molecule has 1 fully saturated rings. The molecule has 0 saturated carbocycles. The molecule has 1 unspecified atom stereocenters. The van der Waals surface area contributed by atoms with Crippen LogP contribution < -0.4 is 0 Å². The molecule has 106 valence electrons. The number of hydrogen-bond donors (Lipinski definition) is 1. The van der Waals surface area contributed by atoms with Gasteiger partial charge in [0.05, 0.1) is 25.2 Å². The predicted octanol–water partition coefficient (Wildman–Crippen LogP) is 1.08. The Kier molecular flexibility index (Phi) is 6.05. The summed E-state index contributed by atoms with van der Waals surface area (Å²) in [5, 5.41) is 9.42. The Morgan fingerprint density at radius 1 is 1.39 bits per heavy atom. The van der Waals surface area contributed by atoms with Crippen LogP contribution >= 0.6 is 0 Å². The summed E-state index contributed by atoms with van der Waals surface area (Å²) in [6.45, 7) is 8.09. The molecule has 1 saturated heterocycles. The summed E-state index contributed by atoms with van der Waals surface area (Å²) in [5.74, 6) is -0.505. The number of hydrogen-bond acceptors (Lipinski definition) is 4. The van der Waals surface area contributed by atoms with E-state index in [0.717, 1.165) is 19.5 Å². The second kappa shape index (κ2) is 7.07. The molecule has 0 amide bonds. The molecule has 0 aromatic rings. The van der Waals surface area contributed by atoms with Gasteiger partial charge < -0.3 is 14.6 Å². The smallest absolute Gasteiger partial charge is 0.311 e. The van der Waals surface area contributed by atoms with Crippen molar-refractivity contribution in [1.29, 1.82) is 0 Å². The van der Waals surface area contributed by atoms with Gasteiger partial charge in [0, 0.05) is 20.2 Å². The molecule has 0 aliphatic carbocycles. The fraction of sp³-hybridized carbons (Fsp3) is 0.923. The molecule has 18 heavy (non-hydrogen) atoms. The molecule has 0 aromatic carbocycles. The Morgan fingerprint density at radius 3 is 2.61 bits per heavy atom. The van der Waals surface area contributed by atoms with E-state index in [1.165, 1.54) is 0 Å². The summed E-state index contributed by atoms with van der Waals surface area (Å²) in [6.07, 6.45) is 0.734. The van der Waals surface area contributed by atoms with E-state index in [1.807, 2.05) is 13.8 Å². The molecular formula is C13H25NO4. The number of likely N-dealkylation sites (tertiary alicyclic amines) is 1. The first kappa shape index (κ1) is 15.4. The third kappa shape index (κ3) is 3.67. The third-order valence-electron chi connectivity index (χ3n) is 3.89. The van der Waals surface area contributed by atoms with Crippen LogP contribution in [0.5, 0.6) is 0 Å². The molecule has 1 N–H and O–H groups in total. The minimum Gasteiger partial charge on any atom is -0.481 e. The monoisotopic (exact) mass is 259 g/mol. The SMILES string of the molecule is COCCOCCN1CCC(C(=O)O)(C(C)C)C1. The first-order chi connectivity index (χ1) is 8.53. The number of methoxy groups -OCH3 is 1. The fourth-order valence-corrected chi connectivity index (χ4v) is 2.44. The maximum atomic E-state index is 11.5. The zero-order chi connectivity index (χ0) is 13.6. The van der Waals surface area contributed by atoms with Crippen LogP contribution in [0.3, 0.4) is 0 Å². The van der Waals surface area contributed by atoms with Gasteiger partial charge in [0.1, 0.15) is 0 Å². The molecule has 1 rings (SSSR count). The zero-order valence-corrected chi connectivity index (χ0v) is 11.6. The summed E-state index contributed by atoms with van der Waals surface area (Å²) >= 11 is 0. The number of carbonyl (C=O) groups is 1. The second-order valence-corrected chi connectivity index (χ2v) is 5.25. The average Bonchev–Trinajstić information content (AvgIpc) is 2.74. The summed E-state index contributed by atoms with van der Waals surface area (Å²) in [7, 11) is 1.65. The van der Waals surface area contributed by atoms with E-state index in [-0.39, 0.29) is 5.92 Å². The van der Waals surface area contributed by atoms with E-state index in [2.05, 4.69) is 4.90 Å². The van der Waals surface area contributed by atoms with Crippen LogP contribution in [-0.4, -0.2) is 62.5 Å². The van der Waals surface area contributed by atoms with Gasteiger partial charge in [-0.2, -0.15) is 0 Å². The van der Waals surface area contributed by atoms with Gasteiger partial charge in [-0.15, -0.1) is 0 Å². The Balaban J connectivity index is 2.33. The first-order valence-electron chi connectivity index (χ1n) is 6.55. The van der Waals surface area contributed by atoms with Crippen LogP contribution in [-0.2, 0) is 14.3 Å². The Labute approximate surface area is 109 Å². The maximum absolute atomic E-state index is 11.5. The Morgan fingerprint density at radius 2 is 2.11 bits per heavy atom. The molecule has 5 nitrogen and oxygen atoms in total. The minimum atomic E-state index is -0.666. The van der Waals surface area contributed by atoms with Gasteiger partial charge in [0.2, 0.25) is 0 Å². The number of rotatable bonds is 8. The lowest BCUT2D eigenvalue weighted by molar-refractivity contribution is -0.151. The van der Waals surface area contributed by atoms with E-state index in [4.69, 9.17) is 9.47 Å².